The summed E-state index contributed by atoms with van der Waals surface area (Å²) in [7, 11) is 0. The fourth-order valence-corrected chi connectivity index (χ4v) is 3.41. The summed E-state index contributed by atoms with van der Waals surface area (Å²) in [6.07, 6.45) is 1.61. The van der Waals surface area contributed by atoms with Gasteiger partial charge in [0.25, 0.3) is 11.6 Å². The fraction of sp³-hybridized carbons (Fsp3) is 0.227. The second kappa shape index (κ2) is 8.10. The molecule has 158 valence electrons. The Morgan fingerprint density at radius 2 is 1.90 bits per heavy atom. The SMILES string of the molecule is Cc1cc(=O)c(C(=O)N(Cc2ccc(F)cc2)C2CC2)nn1-c1ccccc1[N+](=O)[O-]. The van der Waals surface area contributed by atoms with Crippen LogP contribution in [0.3, 0.4) is 0 Å². The zero-order chi connectivity index (χ0) is 22.1. The Morgan fingerprint density at radius 3 is 2.55 bits per heavy atom. The van der Waals surface area contributed by atoms with E-state index in [4.69, 9.17) is 0 Å². The molecule has 1 amide bonds. The summed E-state index contributed by atoms with van der Waals surface area (Å²) < 4.78 is 14.5. The number of carbonyl (C=O) groups is 1. The van der Waals surface area contributed by atoms with Gasteiger partial charge in [-0.3, -0.25) is 19.7 Å². The van der Waals surface area contributed by atoms with Crippen molar-refractivity contribution >= 4 is 11.6 Å². The zero-order valence-corrected chi connectivity index (χ0v) is 16.7. The van der Waals surface area contributed by atoms with Gasteiger partial charge in [0.15, 0.2) is 5.69 Å². The summed E-state index contributed by atoms with van der Waals surface area (Å²) in [6.45, 7) is 1.81. The van der Waals surface area contributed by atoms with E-state index in [9.17, 15) is 24.1 Å². The molecule has 1 aliphatic rings. The van der Waals surface area contributed by atoms with Crippen LogP contribution in [-0.4, -0.2) is 31.6 Å². The van der Waals surface area contributed by atoms with Gasteiger partial charge in [-0.25, -0.2) is 9.07 Å². The molecule has 8 nitrogen and oxygen atoms in total. The van der Waals surface area contributed by atoms with E-state index >= 15 is 0 Å². The van der Waals surface area contributed by atoms with Gasteiger partial charge in [0.2, 0.25) is 5.43 Å². The van der Waals surface area contributed by atoms with Crippen LogP contribution in [0.15, 0.2) is 59.4 Å². The number of hydrogen-bond donors (Lipinski definition) is 0. The highest BCUT2D eigenvalue weighted by Crippen LogP contribution is 2.29. The van der Waals surface area contributed by atoms with Crippen molar-refractivity contribution in [3.05, 3.63) is 97.7 Å². The molecule has 1 aromatic heterocycles. The first-order valence-corrected chi connectivity index (χ1v) is 9.75. The lowest BCUT2D eigenvalue weighted by atomic mass is 10.2. The lowest BCUT2D eigenvalue weighted by Crippen LogP contribution is -2.37. The smallest absolute Gasteiger partial charge is 0.294 e. The molecular formula is C22H19FN4O4. The van der Waals surface area contributed by atoms with Crippen molar-refractivity contribution in [2.45, 2.75) is 32.4 Å². The Kier molecular flexibility index (Phi) is 5.33. The van der Waals surface area contributed by atoms with Crippen LogP contribution in [0.5, 0.6) is 0 Å². The molecule has 1 aliphatic carbocycles. The second-order valence-corrected chi connectivity index (χ2v) is 7.45. The zero-order valence-electron chi connectivity index (χ0n) is 16.7. The first-order valence-electron chi connectivity index (χ1n) is 9.75. The molecule has 0 N–H and O–H groups in total. The normalized spacial score (nSPS) is 13.1. The van der Waals surface area contributed by atoms with E-state index in [0.29, 0.717) is 5.69 Å². The summed E-state index contributed by atoms with van der Waals surface area (Å²) in [5.41, 5.74) is 0.209. The van der Waals surface area contributed by atoms with Crippen molar-refractivity contribution < 1.29 is 14.1 Å². The van der Waals surface area contributed by atoms with E-state index in [1.807, 2.05) is 0 Å². The number of nitrogens with zero attached hydrogens (tertiary/aromatic N) is 4. The number of hydrogen-bond acceptors (Lipinski definition) is 5. The summed E-state index contributed by atoms with van der Waals surface area (Å²) in [6, 6.07) is 13.0. The van der Waals surface area contributed by atoms with Gasteiger partial charge in [-0.05, 0) is 43.5 Å². The first kappa shape index (κ1) is 20.4. The number of nitro benzene ring substituents is 1. The van der Waals surface area contributed by atoms with Gasteiger partial charge in [0.05, 0.1) is 4.92 Å². The molecule has 0 unspecified atom stereocenters. The minimum absolute atomic E-state index is 0.0282. The van der Waals surface area contributed by atoms with Crippen LogP contribution >= 0.6 is 0 Å². The number of halogens is 1. The van der Waals surface area contributed by atoms with Crippen molar-refractivity contribution in [3.63, 3.8) is 0 Å². The molecule has 0 spiro atoms. The molecule has 0 bridgehead atoms. The molecule has 0 atom stereocenters. The predicted molar refractivity (Wildman–Crippen MR) is 111 cm³/mol. The van der Waals surface area contributed by atoms with Gasteiger partial charge in [0.1, 0.15) is 11.5 Å². The van der Waals surface area contributed by atoms with Crippen LogP contribution in [0.4, 0.5) is 10.1 Å². The molecule has 1 saturated carbocycles. The summed E-state index contributed by atoms with van der Waals surface area (Å²) >= 11 is 0. The Bertz CT molecular complexity index is 1220. The number of carbonyl (C=O) groups excluding carboxylic acids is 1. The monoisotopic (exact) mass is 422 g/mol. The van der Waals surface area contributed by atoms with Crippen molar-refractivity contribution in [2.75, 3.05) is 0 Å². The lowest BCUT2D eigenvalue weighted by Gasteiger charge is -2.22. The Labute approximate surface area is 176 Å². The van der Waals surface area contributed by atoms with Crippen LogP contribution < -0.4 is 5.43 Å². The van der Waals surface area contributed by atoms with Gasteiger partial charge in [0, 0.05) is 30.4 Å². The summed E-state index contributed by atoms with van der Waals surface area (Å²) in [5.74, 6) is -0.926. The average Bonchev–Trinajstić information content (AvgIpc) is 3.58. The number of aromatic nitrogens is 2. The Balaban J connectivity index is 1.74. The lowest BCUT2D eigenvalue weighted by molar-refractivity contribution is -0.384. The number of amides is 1. The molecule has 4 rings (SSSR count). The van der Waals surface area contributed by atoms with Crippen molar-refractivity contribution in [1.29, 1.82) is 0 Å². The summed E-state index contributed by atoms with van der Waals surface area (Å²) in [5, 5.41) is 15.6. The highest BCUT2D eigenvalue weighted by atomic mass is 19.1. The van der Waals surface area contributed by atoms with E-state index in [2.05, 4.69) is 5.10 Å². The number of nitro groups is 1. The van der Waals surface area contributed by atoms with Crippen LogP contribution in [0.2, 0.25) is 0 Å². The Hall–Kier alpha value is -3.88. The second-order valence-electron chi connectivity index (χ2n) is 7.45. The number of benzene rings is 2. The molecule has 0 radical (unpaired) electrons. The molecule has 1 fully saturated rings. The van der Waals surface area contributed by atoms with Crippen molar-refractivity contribution in [1.82, 2.24) is 14.7 Å². The van der Waals surface area contributed by atoms with E-state index in [-0.39, 0.29) is 35.5 Å². The summed E-state index contributed by atoms with van der Waals surface area (Å²) in [4.78, 5) is 38.3. The molecule has 2 aromatic carbocycles. The minimum atomic E-state index is -0.554. The molecule has 3 aromatic rings. The first-order chi connectivity index (χ1) is 14.8. The Morgan fingerprint density at radius 1 is 1.23 bits per heavy atom. The fourth-order valence-electron chi connectivity index (χ4n) is 3.41. The van der Waals surface area contributed by atoms with Gasteiger partial charge >= 0.3 is 0 Å². The van der Waals surface area contributed by atoms with E-state index in [0.717, 1.165) is 18.4 Å². The molecular weight excluding hydrogens is 403 g/mol. The van der Waals surface area contributed by atoms with Crippen LogP contribution in [0.1, 0.15) is 34.6 Å². The van der Waals surface area contributed by atoms with Gasteiger partial charge in [-0.15, -0.1) is 0 Å². The molecule has 0 saturated heterocycles. The number of aryl methyl sites for hydroxylation is 1. The minimum Gasteiger partial charge on any atom is -0.330 e. The maximum atomic E-state index is 13.3. The maximum Gasteiger partial charge on any atom is 0.294 e. The topological polar surface area (TPSA) is 98.3 Å². The largest absolute Gasteiger partial charge is 0.330 e. The van der Waals surface area contributed by atoms with Crippen LogP contribution in [0.25, 0.3) is 5.69 Å². The third-order valence-corrected chi connectivity index (χ3v) is 5.13. The molecule has 1 heterocycles. The van der Waals surface area contributed by atoms with Gasteiger partial charge in [-0.1, -0.05) is 24.3 Å². The van der Waals surface area contributed by atoms with Crippen LogP contribution in [0, 0.1) is 22.9 Å². The van der Waals surface area contributed by atoms with Crippen LogP contribution in [-0.2, 0) is 6.54 Å². The molecule has 0 aliphatic heterocycles. The highest BCUT2D eigenvalue weighted by molar-refractivity contribution is 5.92. The maximum absolute atomic E-state index is 13.3. The average molecular weight is 422 g/mol. The van der Waals surface area contributed by atoms with E-state index < -0.39 is 16.3 Å². The van der Waals surface area contributed by atoms with Crippen molar-refractivity contribution in [2.24, 2.45) is 0 Å². The quantitative estimate of drug-likeness (QED) is 0.448. The van der Waals surface area contributed by atoms with Gasteiger partial charge in [-0.2, -0.15) is 5.10 Å². The van der Waals surface area contributed by atoms with Crippen molar-refractivity contribution in [3.8, 4) is 5.69 Å². The van der Waals surface area contributed by atoms with Gasteiger partial charge < -0.3 is 4.90 Å². The molecule has 9 heteroatoms. The van der Waals surface area contributed by atoms with E-state index in [1.54, 1.807) is 30.0 Å². The van der Waals surface area contributed by atoms with E-state index in [1.165, 1.54) is 41.1 Å². The number of rotatable bonds is 6. The highest BCUT2D eigenvalue weighted by Gasteiger charge is 2.35. The standard InChI is InChI=1S/C22H19FN4O4/c1-14-12-20(28)21(24-26(14)18-4-2-3-5-19(18)27(30)31)22(29)25(17-10-11-17)13-15-6-8-16(23)9-7-15/h2-9,12,17H,10-11,13H2,1H3. The predicted octanol–water partition coefficient (Wildman–Crippen LogP) is 3.39. The third kappa shape index (κ3) is 4.20. The third-order valence-electron chi connectivity index (χ3n) is 5.13. The number of para-hydroxylation sites is 2. The molecule has 31 heavy (non-hydrogen) atoms.